The van der Waals surface area contributed by atoms with Crippen molar-refractivity contribution in [3.8, 4) is 0 Å². The minimum atomic E-state index is -0.710. The Morgan fingerprint density at radius 3 is 2.37 bits per heavy atom. The number of carbonyl (C=O) groups is 1. The first-order chi connectivity index (χ1) is 8.62. The van der Waals surface area contributed by atoms with Gasteiger partial charge in [-0.05, 0) is 31.1 Å². The van der Waals surface area contributed by atoms with Crippen molar-refractivity contribution in [2.75, 3.05) is 0 Å². The van der Waals surface area contributed by atoms with Gasteiger partial charge in [-0.25, -0.2) is 0 Å². The van der Waals surface area contributed by atoms with Crippen LogP contribution >= 0.6 is 23.2 Å². The van der Waals surface area contributed by atoms with E-state index in [1.165, 1.54) is 0 Å². The number of alkyl halides is 2. The lowest BCUT2D eigenvalue weighted by Gasteiger charge is -2.44. The molecule has 3 rings (SSSR count). The first-order valence-corrected chi connectivity index (χ1v) is 8.29. The van der Waals surface area contributed by atoms with E-state index in [1.807, 2.05) is 0 Å². The van der Waals surface area contributed by atoms with E-state index in [9.17, 15) is 4.79 Å². The lowest BCUT2D eigenvalue weighted by Crippen LogP contribution is -2.46. The van der Waals surface area contributed by atoms with Crippen molar-refractivity contribution >= 4 is 29.0 Å². The minimum absolute atomic E-state index is 0.0229. The molecule has 0 aromatic heterocycles. The summed E-state index contributed by atoms with van der Waals surface area (Å²) in [6.45, 7) is 8.76. The van der Waals surface area contributed by atoms with Crippen LogP contribution in [0.4, 0.5) is 0 Å². The number of rotatable bonds is 0. The Morgan fingerprint density at radius 1 is 1.11 bits per heavy atom. The standard InChI is InChI=1S/C16H24Cl2O/c1-10-6-9-15-12(11(10)19)13(2,3)7-5-8-14(15,4)16(15,17)18/h10,12H,5-9H2,1-4H3/t10-,12-,14-,15+/m1/s1. The molecule has 0 saturated heterocycles. The topological polar surface area (TPSA) is 17.1 Å². The first kappa shape index (κ1) is 14.2. The molecular weight excluding hydrogens is 279 g/mol. The number of carbonyl (C=O) groups excluding carboxylic acids is 1. The molecule has 0 aromatic carbocycles. The third-order valence-electron chi connectivity index (χ3n) is 6.69. The number of hydrogen-bond acceptors (Lipinski definition) is 1. The second-order valence-corrected chi connectivity index (χ2v) is 9.32. The van der Waals surface area contributed by atoms with Crippen molar-refractivity contribution < 1.29 is 4.79 Å². The molecule has 19 heavy (non-hydrogen) atoms. The molecule has 0 N–H and O–H groups in total. The fourth-order valence-electron chi connectivity index (χ4n) is 5.46. The Hall–Kier alpha value is 0.250. The maximum absolute atomic E-state index is 12.9. The van der Waals surface area contributed by atoms with Crippen molar-refractivity contribution in [1.82, 2.24) is 0 Å². The zero-order chi connectivity index (χ0) is 14.3. The highest BCUT2D eigenvalue weighted by Gasteiger charge is 2.88. The summed E-state index contributed by atoms with van der Waals surface area (Å²) in [7, 11) is 0. The molecule has 0 aromatic rings. The summed E-state index contributed by atoms with van der Waals surface area (Å²) in [5, 5.41) is 0. The molecule has 0 bridgehead atoms. The van der Waals surface area contributed by atoms with E-state index in [0.29, 0.717) is 5.78 Å². The molecule has 4 atom stereocenters. The van der Waals surface area contributed by atoms with Crippen LogP contribution in [0.1, 0.15) is 59.8 Å². The highest BCUT2D eigenvalue weighted by atomic mass is 35.5. The van der Waals surface area contributed by atoms with Crippen LogP contribution in [0.3, 0.4) is 0 Å². The van der Waals surface area contributed by atoms with Crippen LogP contribution in [0, 0.1) is 28.1 Å². The molecule has 108 valence electrons. The molecule has 3 saturated carbocycles. The molecule has 3 fully saturated rings. The van der Waals surface area contributed by atoms with E-state index in [2.05, 4.69) is 27.7 Å². The van der Waals surface area contributed by atoms with Crippen LogP contribution in [-0.4, -0.2) is 10.1 Å². The smallest absolute Gasteiger partial charge is 0.139 e. The van der Waals surface area contributed by atoms with Crippen molar-refractivity contribution in [2.24, 2.45) is 28.1 Å². The quantitative estimate of drug-likeness (QED) is 0.576. The number of halogens is 2. The maximum atomic E-state index is 12.9. The largest absolute Gasteiger partial charge is 0.299 e. The van der Waals surface area contributed by atoms with Gasteiger partial charge in [0.2, 0.25) is 0 Å². The molecule has 0 heterocycles. The molecule has 3 aliphatic rings. The van der Waals surface area contributed by atoms with Gasteiger partial charge >= 0.3 is 0 Å². The summed E-state index contributed by atoms with van der Waals surface area (Å²) >= 11 is 13.5. The molecule has 3 heteroatoms. The third kappa shape index (κ3) is 1.37. The zero-order valence-corrected chi connectivity index (χ0v) is 13.9. The van der Waals surface area contributed by atoms with E-state index < -0.39 is 4.33 Å². The van der Waals surface area contributed by atoms with E-state index in [-0.39, 0.29) is 28.1 Å². The number of hydrogen-bond donors (Lipinski definition) is 0. The van der Waals surface area contributed by atoms with Gasteiger partial charge in [0, 0.05) is 22.7 Å². The second-order valence-electron chi connectivity index (χ2n) is 8.00. The molecule has 3 aliphatic carbocycles. The molecule has 0 radical (unpaired) electrons. The Balaban J connectivity index is 2.16. The van der Waals surface area contributed by atoms with Crippen molar-refractivity contribution in [2.45, 2.75) is 64.1 Å². The molecule has 1 nitrogen and oxygen atoms in total. The maximum Gasteiger partial charge on any atom is 0.139 e. The summed E-state index contributed by atoms with van der Waals surface area (Å²) in [6.07, 6.45) is 5.25. The van der Waals surface area contributed by atoms with Crippen molar-refractivity contribution in [1.29, 1.82) is 0 Å². The highest BCUT2D eigenvalue weighted by molar-refractivity contribution is 6.52. The Bertz CT molecular complexity index is 442. The fourth-order valence-corrected chi connectivity index (χ4v) is 6.71. The molecule has 0 aliphatic heterocycles. The van der Waals surface area contributed by atoms with Gasteiger partial charge in [0.15, 0.2) is 0 Å². The van der Waals surface area contributed by atoms with E-state index in [0.717, 1.165) is 32.1 Å². The normalized spacial score (nSPS) is 50.9. The predicted octanol–water partition coefficient (Wildman–Crippen LogP) is 4.99. The van der Waals surface area contributed by atoms with Crippen LogP contribution in [0.2, 0.25) is 0 Å². The summed E-state index contributed by atoms with van der Waals surface area (Å²) in [5.41, 5.74) is -0.223. The summed E-state index contributed by atoms with van der Waals surface area (Å²) < 4.78 is -0.710. The monoisotopic (exact) mass is 302 g/mol. The molecular formula is C16H24Cl2O. The lowest BCUT2D eigenvalue weighted by atomic mass is 9.58. The van der Waals surface area contributed by atoms with Gasteiger partial charge in [-0.1, -0.05) is 34.1 Å². The summed E-state index contributed by atoms with van der Waals surface area (Å²) in [5.74, 6) is 0.612. The third-order valence-corrected chi connectivity index (χ3v) is 8.20. The second kappa shape index (κ2) is 3.71. The molecule has 0 unspecified atom stereocenters. The van der Waals surface area contributed by atoms with Gasteiger partial charge in [0.1, 0.15) is 10.1 Å². The van der Waals surface area contributed by atoms with E-state index in [4.69, 9.17) is 23.2 Å². The number of Topliss-reactive ketones (excluding diaryl/α,β-unsaturated/α-hetero) is 1. The van der Waals surface area contributed by atoms with Gasteiger partial charge in [-0.2, -0.15) is 0 Å². The zero-order valence-electron chi connectivity index (χ0n) is 12.4. The summed E-state index contributed by atoms with van der Waals surface area (Å²) in [6, 6.07) is 0. The molecule has 0 amide bonds. The molecule has 1 spiro atoms. The van der Waals surface area contributed by atoms with Crippen LogP contribution in [0.25, 0.3) is 0 Å². The van der Waals surface area contributed by atoms with Crippen molar-refractivity contribution in [3.63, 3.8) is 0 Å². The van der Waals surface area contributed by atoms with Crippen molar-refractivity contribution in [3.05, 3.63) is 0 Å². The lowest BCUT2D eigenvalue weighted by molar-refractivity contribution is -0.138. The average Bonchev–Trinajstić information content (AvgIpc) is 2.69. The summed E-state index contributed by atoms with van der Waals surface area (Å²) in [4.78, 5) is 12.9. The Kier molecular flexibility index (Phi) is 2.77. The highest BCUT2D eigenvalue weighted by Crippen LogP contribution is 2.87. The van der Waals surface area contributed by atoms with Gasteiger partial charge in [0.05, 0.1) is 0 Å². The minimum Gasteiger partial charge on any atom is -0.299 e. The van der Waals surface area contributed by atoms with Gasteiger partial charge in [-0.15, -0.1) is 23.2 Å². The van der Waals surface area contributed by atoms with Crippen LogP contribution in [-0.2, 0) is 4.79 Å². The predicted molar refractivity (Wildman–Crippen MR) is 79.5 cm³/mol. The van der Waals surface area contributed by atoms with Crippen LogP contribution < -0.4 is 0 Å². The van der Waals surface area contributed by atoms with E-state index >= 15 is 0 Å². The van der Waals surface area contributed by atoms with Crippen LogP contribution in [0.5, 0.6) is 0 Å². The average molecular weight is 303 g/mol. The van der Waals surface area contributed by atoms with Crippen LogP contribution in [0.15, 0.2) is 0 Å². The SMILES string of the molecule is C[C@@H]1CC[C@]23[C@H](C1=O)C(C)(C)CCC[C@@]2(C)C3(Cl)Cl. The number of ketones is 1. The van der Waals surface area contributed by atoms with Gasteiger partial charge in [0.25, 0.3) is 0 Å². The van der Waals surface area contributed by atoms with Gasteiger partial charge in [-0.3, -0.25) is 4.79 Å². The van der Waals surface area contributed by atoms with Gasteiger partial charge < -0.3 is 0 Å². The Labute approximate surface area is 126 Å². The first-order valence-electron chi connectivity index (χ1n) is 7.53. The van der Waals surface area contributed by atoms with E-state index in [1.54, 1.807) is 0 Å². The fraction of sp³-hybridized carbons (Fsp3) is 0.938. The Morgan fingerprint density at radius 2 is 1.74 bits per heavy atom.